The molecule has 1 atom stereocenters. The molecule has 1 aromatic rings. The first-order chi connectivity index (χ1) is 7.10. The second-order valence-electron chi connectivity index (χ2n) is 4.08. The Kier molecular flexibility index (Phi) is 3.89. The minimum atomic E-state index is -0.0478. The van der Waals surface area contributed by atoms with E-state index in [0.717, 1.165) is 23.2 Å². The van der Waals surface area contributed by atoms with Gasteiger partial charge in [-0.2, -0.15) is 0 Å². The lowest BCUT2D eigenvalue weighted by Crippen LogP contribution is -1.99. The second-order valence-corrected chi connectivity index (χ2v) is 4.08. The van der Waals surface area contributed by atoms with Crippen molar-refractivity contribution < 1.29 is 9.53 Å². The highest BCUT2D eigenvalue weighted by Gasteiger charge is 2.11. The molecule has 1 unspecified atom stereocenters. The number of methoxy groups -OCH3 is 1. The van der Waals surface area contributed by atoms with E-state index in [1.807, 2.05) is 19.1 Å². The Bertz CT molecular complexity index is 342. The Morgan fingerprint density at radius 3 is 2.40 bits per heavy atom. The van der Waals surface area contributed by atoms with Crippen LogP contribution < -0.4 is 4.74 Å². The summed E-state index contributed by atoms with van der Waals surface area (Å²) in [5.74, 6) is 1.25. The minimum absolute atomic E-state index is 0.0478. The highest BCUT2D eigenvalue weighted by atomic mass is 16.5. The SMILES string of the molecule is COc1ccc(C(C)C=O)cc1C(C)C. The van der Waals surface area contributed by atoms with E-state index in [2.05, 4.69) is 19.9 Å². The average Bonchev–Trinajstić information content (AvgIpc) is 2.27. The molecule has 0 aromatic heterocycles. The molecule has 0 aliphatic rings. The van der Waals surface area contributed by atoms with E-state index in [1.54, 1.807) is 7.11 Å². The van der Waals surface area contributed by atoms with Gasteiger partial charge in [0.05, 0.1) is 7.11 Å². The number of hydrogen-bond acceptors (Lipinski definition) is 2. The molecule has 2 heteroatoms. The summed E-state index contributed by atoms with van der Waals surface area (Å²) < 4.78 is 5.29. The van der Waals surface area contributed by atoms with Gasteiger partial charge in [0.25, 0.3) is 0 Å². The molecule has 0 aliphatic carbocycles. The van der Waals surface area contributed by atoms with Crippen LogP contribution in [0.4, 0.5) is 0 Å². The van der Waals surface area contributed by atoms with Crippen molar-refractivity contribution in [2.24, 2.45) is 0 Å². The van der Waals surface area contributed by atoms with E-state index in [0.29, 0.717) is 5.92 Å². The summed E-state index contributed by atoms with van der Waals surface area (Å²) in [7, 11) is 1.67. The lowest BCUT2D eigenvalue weighted by Gasteiger charge is -2.14. The Morgan fingerprint density at radius 2 is 1.93 bits per heavy atom. The summed E-state index contributed by atoms with van der Waals surface area (Å²) in [5.41, 5.74) is 2.21. The van der Waals surface area contributed by atoms with Crippen LogP contribution in [0, 0.1) is 0 Å². The quantitative estimate of drug-likeness (QED) is 0.707. The molecule has 82 valence electrons. The first-order valence-corrected chi connectivity index (χ1v) is 5.23. The van der Waals surface area contributed by atoms with Crippen molar-refractivity contribution in [3.05, 3.63) is 29.3 Å². The molecule has 0 N–H and O–H groups in total. The van der Waals surface area contributed by atoms with Gasteiger partial charge in [-0.15, -0.1) is 0 Å². The molecular weight excluding hydrogens is 188 g/mol. The van der Waals surface area contributed by atoms with Gasteiger partial charge in [-0.3, -0.25) is 0 Å². The minimum Gasteiger partial charge on any atom is -0.496 e. The fourth-order valence-electron chi connectivity index (χ4n) is 1.57. The normalized spacial score (nSPS) is 12.6. The van der Waals surface area contributed by atoms with Crippen LogP contribution in [0.2, 0.25) is 0 Å². The van der Waals surface area contributed by atoms with Crippen LogP contribution in [0.25, 0.3) is 0 Å². The molecule has 0 fully saturated rings. The van der Waals surface area contributed by atoms with Crippen LogP contribution in [0.3, 0.4) is 0 Å². The highest BCUT2D eigenvalue weighted by Crippen LogP contribution is 2.29. The number of ether oxygens (including phenoxy) is 1. The number of carbonyl (C=O) groups excluding carboxylic acids is 1. The Labute approximate surface area is 91.3 Å². The topological polar surface area (TPSA) is 26.3 Å². The molecule has 1 rings (SSSR count). The summed E-state index contributed by atoms with van der Waals surface area (Å²) in [4.78, 5) is 10.7. The summed E-state index contributed by atoms with van der Waals surface area (Å²) in [6.45, 7) is 6.14. The summed E-state index contributed by atoms with van der Waals surface area (Å²) >= 11 is 0. The maximum absolute atomic E-state index is 10.7. The van der Waals surface area contributed by atoms with Crippen LogP contribution >= 0.6 is 0 Å². The summed E-state index contributed by atoms with van der Waals surface area (Å²) in [6, 6.07) is 5.94. The highest BCUT2D eigenvalue weighted by molar-refractivity contribution is 5.62. The second kappa shape index (κ2) is 4.96. The molecule has 0 heterocycles. The number of hydrogen-bond donors (Lipinski definition) is 0. The van der Waals surface area contributed by atoms with Crippen molar-refractivity contribution in [1.29, 1.82) is 0 Å². The van der Waals surface area contributed by atoms with Crippen molar-refractivity contribution in [2.75, 3.05) is 7.11 Å². The zero-order valence-corrected chi connectivity index (χ0v) is 9.78. The third kappa shape index (κ3) is 2.58. The molecule has 0 aliphatic heterocycles. The molecule has 0 saturated carbocycles. The van der Waals surface area contributed by atoms with E-state index in [1.165, 1.54) is 0 Å². The Balaban J connectivity index is 3.15. The molecule has 15 heavy (non-hydrogen) atoms. The molecule has 0 spiro atoms. The fraction of sp³-hybridized carbons (Fsp3) is 0.462. The Morgan fingerprint density at radius 1 is 1.27 bits per heavy atom. The molecule has 1 aromatic carbocycles. The molecule has 0 bridgehead atoms. The molecule has 0 radical (unpaired) electrons. The zero-order chi connectivity index (χ0) is 11.4. The van der Waals surface area contributed by atoms with Gasteiger partial charge in [0, 0.05) is 5.92 Å². The van der Waals surface area contributed by atoms with Crippen molar-refractivity contribution in [3.8, 4) is 5.75 Å². The third-order valence-corrected chi connectivity index (χ3v) is 2.61. The smallest absolute Gasteiger partial charge is 0.127 e. The monoisotopic (exact) mass is 206 g/mol. The van der Waals surface area contributed by atoms with Crippen LogP contribution in [-0.4, -0.2) is 13.4 Å². The molecule has 0 amide bonds. The first-order valence-electron chi connectivity index (χ1n) is 5.23. The number of aldehydes is 1. The Hall–Kier alpha value is -1.31. The maximum Gasteiger partial charge on any atom is 0.127 e. The predicted octanol–water partition coefficient (Wildman–Crippen LogP) is 3.12. The van der Waals surface area contributed by atoms with Gasteiger partial charge in [0.1, 0.15) is 12.0 Å². The van der Waals surface area contributed by atoms with Gasteiger partial charge in [0.15, 0.2) is 0 Å². The maximum atomic E-state index is 10.7. The van der Waals surface area contributed by atoms with E-state index in [9.17, 15) is 4.79 Å². The van der Waals surface area contributed by atoms with Gasteiger partial charge < -0.3 is 9.53 Å². The van der Waals surface area contributed by atoms with Crippen molar-refractivity contribution in [2.45, 2.75) is 32.6 Å². The van der Waals surface area contributed by atoms with Gasteiger partial charge in [0.2, 0.25) is 0 Å². The van der Waals surface area contributed by atoms with Crippen molar-refractivity contribution in [1.82, 2.24) is 0 Å². The van der Waals surface area contributed by atoms with E-state index >= 15 is 0 Å². The lowest BCUT2D eigenvalue weighted by molar-refractivity contribution is -0.108. The predicted molar refractivity (Wildman–Crippen MR) is 61.6 cm³/mol. The van der Waals surface area contributed by atoms with Crippen molar-refractivity contribution >= 4 is 6.29 Å². The van der Waals surface area contributed by atoms with E-state index < -0.39 is 0 Å². The van der Waals surface area contributed by atoms with Gasteiger partial charge in [-0.05, 0) is 23.1 Å². The molecule has 2 nitrogen and oxygen atoms in total. The number of carbonyl (C=O) groups is 1. The van der Waals surface area contributed by atoms with Gasteiger partial charge in [-0.1, -0.05) is 32.9 Å². The number of benzene rings is 1. The standard InChI is InChI=1S/C13H18O2/c1-9(2)12-7-11(10(3)8-14)5-6-13(12)15-4/h5-10H,1-4H3. The first kappa shape index (κ1) is 11.8. The molecular formula is C13H18O2. The van der Waals surface area contributed by atoms with Gasteiger partial charge in [-0.25, -0.2) is 0 Å². The van der Waals surface area contributed by atoms with Crippen LogP contribution in [0.5, 0.6) is 5.75 Å². The summed E-state index contributed by atoms with van der Waals surface area (Å²) in [5, 5.41) is 0. The van der Waals surface area contributed by atoms with Crippen LogP contribution in [-0.2, 0) is 4.79 Å². The van der Waals surface area contributed by atoms with Crippen LogP contribution in [0.1, 0.15) is 43.7 Å². The van der Waals surface area contributed by atoms with Crippen LogP contribution in [0.15, 0.2) is 18.2 Å². The lowest BCUT2D eigenvalue weighted by atomic mass is 9.95. The summed E-state index contributed by atoms with van der Waals surface area (Å²) in [6.07, 6.45) is 0.964. The zero-order valence-electron chi connectivity index (χ0n) is 9.78. The number of rotatable bonds is 4. The third-order valence-electron chi connectivity index (χ3n) is 2.61. The van der Waals surface area contributed by atoms with Gasteiger partial charge >= 0.3 is 0 Å². The average molecular weight is 206 g/mol. The molecule has 0 saturated heterocycles. The van der Waals surface area contributed by atoms with E-state index in [4.69, 9.17) is 4.74 Å². The van der Waals surface area contributed by atoms with E-state index in [-0.39, 0.29) is 5.92 Å². The fourth-order valence-corrected chi connectivity index (χ4v) is 1.57. The largest absolute Gasteiger partial charge is 0.496 e. The van der Waals surface area contributed by atoms with Crippen molar-refractivity contribution in [3.63, 3.8) is 0 Å².